The van der Waals surface area contributed by atoms with Crippen molar-refractivity contribution in [2.75, 3.05) is 26.3 Å². The first-order valence-corrected chi connectivity index (χ1v) is 12.9. The van der Waals surface area contributed by atoms with Crippen molar-refractivity contribution >= 4 is 18.9 Å². The number of alkyl halides is 3. The standard InChI is InChI=1S/C26H36BF3N4O5/c1-18(2)12-20(14-31)25(36)34-11-7-6-10-21(34)15-39-16-22(32-17-26(28,29)30)24(35)33-23(27(37)38)13-19-8-4-3-5-9-19/h3-5,8-9,12,18,21-23,32,37-38H,6-7,10-11,13,15-17H2,1-2H3,(H,33,35)/t21?,22?,23-/m0/s1. The van der Waals surface area contributed by atoms with E-state index in [1.807, 2.05) is 19.9 Å². The molecule has 2 rings (SSSR count). The minimum atomic E-state index is -4.60. The monoisotopic (exact) mass is 552 g/mol. The molecule has 214 valence electrons. The lowest BCUT2D eigenvalue weighted by molar-refractivity contribution is -0.137. The second kappa shape index (κ2) is 15.6. The Hall–Kier alpha value is -2.92. The summed E-state index contributed by atoms with van der Waals surface area (Å²) in [6.07, 6.45) is -0.845. The van der Waals surface area contributed by atoms with Crippen LogP contribution in [0, 0.1) is 17.2 Å². The molecule has 0 aromatic heterocycles. The van der Waals surface area contributed by atoms with Gasteiger partial charge < -0.3 is 25.0 Å². The molecule has 1 aromatic carbocycles. The molecule has 3 atom stereocenters. The lowest BCUT2D eigenvalue weighted by Gasteiger charge is -2.35. The van der Waals surface area contributed by atoms with Crippen molar-refractivity contribution in [2.45, 2.75) is 63.7 Å². The molecule has 2 amide bonds. The highest BCUT2D eigenvalue weighted by Crippen LogP contribution is 2.20. The summed E-state index contributed by atoms with van der Waals surface area (Å²) in [5, 5.41) is 33.5. The molecule has 0 bridgehead atoms. The van der Waals surface area contributed by atoms with Gasteiger partial charge in [-0.2, -0.15) is 18.4 Å². The Bertz CT molecular complexity index is 1000. The van der Waals surface area contributed by atoms with Gasteiger partial charge in [0.1, 0.15) is 17.7 Å². The highest BCUT2D eigenvalue weighted by Gasteiger charge is 2.34. The molecule has 0 saturated carbocycles. The molecule has 0 aliphatic carbocycles. The fourth-order valence-corrected chi connectivity index (χ4v) is 4.26. The first kappa shape index (κ1) is 32.3. The molecular formula is C26H36BF3N4O5. The van der Waals surface area contributed by atoms with Crippen LogP contribution in [0.5, 0.6) is 0 Å². The zero-order valence-corrected chi connectivity index (χ0v) is 22.2. The van der Waals surface area contributed by atoms with E-state index in [-0.39, 0.29) is 24.5 Å². The third-order valence-corrected chi connectivity index (χ3v) is 6.18. The van der Waals surface area contributed by atoms with Crippen molar-refractivity contribution in [2.24, 2.45) is 5.92 Å². The average Bonchev–Trinajstić information content (AvgIpc) is 2.88. The number of ether oxygens (including phenoxy) is 1. The van der Waals surface area contributed by atoms with Crippen LogP contribution in [0.2, 0.25) is 0 Å². The summed E-state index contributed by atoms with van der Waals surface area (Å²) in [5.74, 6) is -2.50. The van der Waals surface area contributed by atoms with Crippen molar-refractivity contribution in [1.82, 2.24) is 15.5 Å². The Balaban J connectivity index is 2.07. The fourth-order valence-electron chi connectivity index (χ4n) is 4.26. The largest absolute Gasteiger partial charge is 0.475 e. The Morgan fingerprint density at radius 3 is 2.54 bits per heavy atom. The number of piperidine rings is 1. The number of hydrogen-bond acceptors (Lipinski definition) is 7. The number of halogens is 3. The molecule has 1 fully saturated rings. The molecule has 1 aliphatic heterocycles. The van der Waals surface area contributed by atoms with E-state index in [4.69, 9.17) is 4.74 Å². The molecular weight excluding hydrogens is 516 g/mol. The Morgan fingerprint density at radius 1 is 1.26 bits per heavy atom. The van der Waals surface area contributed by atoms with E-state index in [1.54, 1.807) is 36.4 Å². The van der Waals surface area contributed by atoms with Crippen molar-refractivity contribution in [1.29, 1.82) is 5.26 Å². The minimum Gasteiger partial charge on any atom is -0.426 e. The van der Waals surface area contributed by atoms with Gasteiger partial charge in [-0.15, -0.1) is 0 Å². The number of benzene rings is 1. The zero-order chi connectivity index (χ0) is 29.0. The van der Waals surface area contributed by atoms with Crippen LogP contribution in [-0.4, -0.2) is 84.4 Å². The van der Waals surface area contributed by atoms with E-state index in [0.29, 0.717) is 18.5 Å². The van der Waals surface area contributed by atoms with Gasteiger partial charge in [0.25, 0.3) is 5.91 Å². The molecule has 0 spiro atoms. The molecule has 4 N–H and O–H groups in total. The van der Waals surface area contributed by atoms with E-state index in [2.05, 4.69) is 10.6 Å². The Kier molecular flexibility index (Phi) is 12.9. The normalized spacial score (nSPS) is 17.9. The van der Waals surface area contributed by atoms with E-state index in [9.17, 15) is 38.1 Å². The van der Waals surface area contributed by atoms with Crippen molar-refractivity contribution in [3.8, 4) is 6.07 Å². The van der Waals surface area contributed by atoms with Gasteiger partial charge in [-0.05, 0) is 37.2 Å². The molecule has 1 aromatic rings. The van der Waals surface area contributed by atoms with Gasteiger partial charge in [0.05, 0.1) is 31.7 Å². The lowest BCUT2D eigenvalue weighted by Crippen LogP contribution is -2.56. The van der Waals surface area contributed by atoms with Gasteiger partial charge in [-0.25, -0.2) is 0 Å². The zero-order valence-electron chi connectivity index (χ0n) is 22.2. The summed E-state index contributed by atoms with van der Waals surface area (Å²) >= 11 is 0. The first-order valence-electron chi connectivity index (χ1n) is 12.9. The molecule has 1 saturated heterocycles. The first-order chi connectivity index (χ1) is 18.4. The third-order valence-electron chi connectivity index (χ3n) is 6.18. The number of nitrogens with zero attached hydrogens (tertiary/aromatic N) is 2. The number of nitriles is 1. The van der Waals surface area contributed by atoms with Gasteiger partial charge >= 0.3 is 13.3 Å². The second-order valence-electron chi connectivity index (χ2n) is 9.89. The number of amides is 2. The summed E-state index contributed by atoms with van der Waals surface area (Å²) < 4.78 is 44.4. The molecule has 39 heavy (non-hydrogen) atoms. The van der Waals surface area contributed by atoms with Crippen molar-refractivity contribution in [3.05, 3.63) is 47.5 Å². The predicted octanol–water partition coefficient (Wildman–Crippen LogP) is 1.75. The Labute approximate surface area is 227 Å². The molecule has 2 unspecified atom stereocenters. The van der Waals surface area contributed by atoms with Gasteiger partial charge in [-0.1, -0.05) is 50.3 Å². The highest BCUT2D eigenvalue weighted by molar-refractivity contribution is 6.43. The molecule has 1 aliphatic rings. The topological polar surface area (TPSA) is 135 Å². The van der Waals surface area contributed by atoms with Crippen LogP contribution in [0.25, 0.3) is 0 Å². The van der Waals surface area contributed by atoms with E-state index < -0.39 is 56.3 Å². The second-order valence-corrected chi connectivity index (χ2v) is 9.89. The van der Waals surface area contributed by atoms with Crippen LogP contribution in [0.4, 0.5) is 13.2 Å². The van der Waals surface area contributed by atoms with E-state index >= 15 is 0 Å². The highest BCUT2D eigenvalue weighted by atomic mass is 19.4. The molecule has 1 heterocycles. The maximum absolute atomic E-state index is 13.0. The van der Waals surface area contributed by atoms with Crippen molar-refractivity contribution in [3.63, 3.8) is 0 Å². The predicted molar refractivity (Wildman–Crippen MR) is 139 cm³/mol. The van der Waals surface area contributed by atoms with Crippen LogP contribution in [-0.2, 0) is 20.7 Å². The number of allylic oxidation sites excluding steroid dienone is 1. The van der Waals surface area contributed by atoms with Gasteiger partial charge in [0.15, 0.2) is 0 Å². The smallest absolute Gasteiger partial charge is 0.426 e. The van der Waals surface area contributed by atoms with Crippen LogP contribution >= 0.6 is 0 Å². The van der Waals surface area contributed by atoms with Crippen LogP contribution in [0.3, 0.4) is 0 Å². The average molecular weight is 552 g/mol. The van der Waals surface area contributed by atoms with Crippen LogP contribution in [0.1, 0.15) is 38.7 Å². The van der Waals surface area contributed by atoms with Crippen LogP contribution < -0.4 is 10.6 Å². The minimum absolute atomic E-state index is 0.00905. The van der Waals surface area contributed by atoms with Crippen LogP contribution in [0.15, 0.2) is 42.0 Å². The number of hydrogen-bond donors (Lipinski definition) is 4. The van der Waals surface area contributed by atoms with E-state index in [1.165, 1.54) is 4.90 Å². The van der Waals surface area contributed by atoms with Gasteiger partial charge in [-0.3, -0.25) is 14.9 Å². The lowest BCUT2D eigenvalue weighted by atomic mass is 9.76. The SMILES string of the molecule is CC(C)C=C(C#N)C(=O)N1CCCCC1COCC(NCC(F)(F)F)C(=O)N[C@@H](Cc1ccccc1)B(O)O. The summed E-state index contributed by atoms with van der Waals surface area (Å²) in [6, 6.07) is 8.74. The third kappa shape index (κ3) is 11.4. The maximum atomic E-state index is 13.0. The maximum Gasteiger partial charge on any atom is 0.475 e. The fraction of sp³-hybridized carbons (Fsp3) is 0.577. The molecule has 9 nitrogen and oxygen atoms in total. The van der Waals surface area contributed by atoms with Gasteiger partial charge in [0, 0.05) is 6.54 Å². The van der Waals surface area contributed by atoms with Crippen molar-refractivity contribution < 1.29 is 37.5 Å². The number of nitrogens with one attached hydrogen (secondary N) is 2. The summed E-state index contributed by atoms with van der Waals surface area (Å²) in [5.41, 5.74) is 0.713. The summed E-state index contributed by atoms with van der Waals surface area (Å²) in [7, 11) is -1.95. The summed E-state index contributed by atoms with van der Waals surface area (Å²) in [4.78, 5) is 27.4. The number of carbonyl (C=O) groups excluding carboxylic acids is 2. The molecule has 0 radical (unpaired) electrons. The number of carbonyl (C=O) groups is 2. The number of rotatable bonds is 13. The Morgan fingerprint density at radius 2 is 1.95 bits per heavy atom. The number of likely N-dealkylation sites (tertiary alicyclic amines) is 1. The molecule has 13 heteroatoms. The summed E-state index contributed by atoms with van der Waals surface area (Å²) in [6.45, 7) is 2.16. The van der Waals surface area contributed by atoms with E-state index in [0.717, 1.165) is 12.8 Å². The quantitative estimate of drug-likeness (QED) is 0.166. The van der Waals surface area contributed by atoms with Gasteiger partial charge in [0.2, 0.25) is 5.91 Å².